The topological polar surface area (TPSA) is 103 Å². The zero-order valence-corrected chi connectivity index (χ0v) is 29.0. The van der Waals surface area contributed by atoms with Gasteiger partial charge in [-0.05, 0) is 69.1 Å². The molecule has 6 rings (SSSR count). The zero-order valence-electron chi connectivity index (χ0n) is 28.2. The molecule has 1 aromatic heterocycles. The molecule has 2 aliphatic rings. The van der Waals surface area contributed by atoms with Crippen molar-refractivity contribution in [1.29, 1.82) is 0 Å². The van der Waals surface area contributed by atoms with Crippen LogP contribution in [0.1, 0.15) is 58.8 Å². The average Bonchev–Trinajstić information content (AvgIpc) is 3.58. The predicted molar refractivity (Wildman–Crippen MR) is 183 cm³/mol. The fraction of sp³-hybridized carbons (Fsp3) is 0.405. The Morgan fingerprint density at radius 1 is 0.942 bits per heavy atom. The van der Waals surface area contributed by atoms with Crippen molar-refractivity contribution in [3.8, 4) is 11.3 Å². The van der Waals surface area contributed by atoms with Gasteiger partial charge in [-0.15, -0.1) is 0 Å². The summed E-state index contributed by atoms with van der Waals surface area (Å²) in [6.07, 6.45) is -5.58. The fourth-order valence-electron chi connectivity index (χ4n) is 7.46. The highest BCUT2D eigenvalue weighted by Gasteiger charge is 2.43. The molecule has 15 heteroatoms. The van der Waals surface area contributed by atoms with E-state index in [-0.39, 0.29) is 69.0 Å². The number of benzene rings is 3. The number of rotatable bonds is 9. The van der Waals surface area contributed by atoms with E-state index in [1.165, 1.54) is 54.6 Å². The first-order chi connectivity index (χ1) is 24.6. The molecule has 4 aromatic rings. The lowest BCUT2D eigenvalue weighted by molar-refractivity contribution is -0.155. The monoisotopic (exact) mass is 748 g/mol. The number of sulfone groups is 1. The number of fused-ring (bicyclic) bond motifs is 1. The Bertz CT molecular complexity index is 2030. The van der Waals surface area contributed by atoms with E-state index < -0.39 is 39.7 Å². The number of hydrogen-bond donors (Lipinski definition) is 2. The Labute approximate surface area is 297 Å². The van der Waals surface area contributed by atoms with Crippen LogP contribution in [-0.4, -0.2) is 85.0 Å². The molecule has 2 N–H and O–H groups in total. The lowest BCUT2D eigenvalue weighted by atomic mass is 9.93. The number of aromatic nitrogens is 1. The Balaban J connectivity index is 1.53. The van der Waals surface area contributed by atoms with E-state index >= 15 is 0 Å². The van der Waals surface area contributed by atoms with E-state index in [0.717, 1.165) is 43.8 Å². The van der Waals surface area contributed by atoms with Crippen LogP contribution >= 0.6 is 0 Å². The maximum Gasteiger partial charge on any atom is 0.416 e. The molecular formula is C37H38F6N4O4S. The number of pyridine rings is 1. The summed E-state index contributed by atoms with van der Waals surface area (Å²) in [6.45, 7) is 1.79. The Hall–Kier alpha value is -4.05. The molecule has 2 atom stereocenters. The van der Waals surface area contributed by atoms with Gasteiger partial charge in [0, 0.05) is 41.4 Å². The number of piperidine rings is 1. The van der Waals surface area contributed by atoms with Gasteiger partial charge < -0.3 is 10.4 Å². The summed E-state index contributed by atoms with van der Waals surface area (Å²) in [4.78, 5) is 22.9. The highest BCUT2D eigenvalue weighted by Crippen LogP contribution is 2.39. The number of likely N-dealkylation sites (tertiary alicyclic amines) is 2. The zero-order chi connectivity index (χ0) is 37.4. The third kappa shape index (κ3) is 7.97. The largest absolute Gasteiger partial charge is 0.416 e. The first-order valence-electron chi connectivity index (χ1n) is 16.9. The van der Waals surface area contributed by atoms with E-state index in [2.05, 4.69) is 15.2 Å². The average molecular weight is 749 g/mol. The van der Waals surface area contributed by atoms with Crippen molar-refractivity contribution >= 4 is 26.6 Å². The lowest BCUT2D eigenvalue weighted by Crippen LogP contribution is -2.47. The Morgan fingerprint density at radius 3 is 2.27 bits per heavy atom. The minimum absolute atomic E-state index is 0.0408. The number of para-hydroxylation sites is 1. The summed E-state index contributed by atoms with van der Waals surface area (Å²) in [6, 6.07) is 12.7. The van der Waals surface area contributed by atoms with Gasteiger partial charge in [-0.2, -0.15) is 26.3 Å². The molecule has 0 unspecified atom stereocenters. The maximum atomic E-state index is 14.6. The number of aliphatic hydroxyl groups is 1. The molecule has 2 aliphatic heterocycles. The quantitative estimate of drug-likeness (QED) is 0.182. The molecule has 8 nitrogen and oxygen atoms in total. The van der Waals surface area contributed by atoms with Crippen LogP contribution in [0.25, 0.3) is 22.2 Å². The molecule has 2 fully saturated rings. The number of halogens is 6. The van der Waals surface area contributed by atoms with Crippen LogP contribution in [0.5, 0.6) is 0 Å². The van der Waals surface area contributed by atoms with Crippen LogP contribution < -0.4 is 5.32 Å². The van der Waals surface area contributed by atoms with Gasteiger partial charge in [-0.1, -0.05) is 54.6 Å². The van der Waals surface area contributed by atoms with Gasteiger partial charge in [0.2, 0.25) is 0 Å². The van der Waals surface area contributed by atoms with Gasteiger partial charge >= 0.3 is 12.4 Å². The first kappa shape index (κ1) is 37.7. The molecule has 0 aliphatic carbocycles. The number of hydrogen-bond acceptors (Lipinski definition) is 7. The highest BCUT2D eigenvalue weighted by molar-refractivity contribution is 7.91. The van der Waals surface area contributed by atoms with Crippen LogP contribution in [0.2, 0.25) is 0 Å². The fourth-order valence-corrected chi connectivity index (χ4v) is 8.30. The van der Waals surface area contributed by atoms with Crippen molar-refractivity contribution in [1.82, 2.24) is 20.1 Å². The molecular weight excluding hydrogens is 710 g/mol. The van der Waals surface area contributed by atoms with Crippen LogP contribution in [0.4, 0.5) is 26.3 Å². The van der Waals surface area contributed by atoms with Crippen molar-refractivity contribution in [2.24, 2.45) is 0 Å². The van der Waals surface area contributed by atoms with Crippen LogP contribution in [0.3, 0.4) is 0 Å². The summed E-state index contributed by atoms with van der Waals surface area (Å²) < 4.78 is 112. The van der Waals surface area contributed by atoms with Gasteiger partial charge in [-0.3, -0.25) is 14.6 Å². The van der Waals surface area contributed by atoms with Gasteiger partial charge in [0.1, 0.15) is 0 Å². The summed E-state index contributed by atoms with van der Waals surface area (Å²) in [5.41, 5.74) is -2.00. The second-order valence-corrected chi connectivity index (χ2v) is 15.4. The summed E-state index contributed by atoms with van der Waals surface area (Å²) in [7, 11) is -4.04. The van der Waals surface area contributed by atoms with Crippen molar-refractivity contribution in [3.05, 3.63) is 95.1 Å². The number of nitrogens with zero attached hydrogens (tertiary/aromatic N) is 3. The maximum absolute atomic E-state index is 14.6. The van der Waals surface area contributed by atoms with E-state index in [0.29, 0.717) is 25.9 Å². The van der Waals surface area contributed by atoms with Crippen LogP contribution in [0.15, 0.2) is 77.7 Å². The molecule has 0 saturated carbocycles. The molecule has 2 saturated heterocycles. The van der Waals surface area contributed by atoms with Crippen molar-refractivity contribution < 1.29 is 44.7 Å². The van der Waals surface area contributed by atoms with Gasteiger partial charge in [0.15, 0.2) is 15.9 Å². The van der Waals surface area contributed by atoms with Crippen molar-refractivity contribution in [2.75, 3.05) is 32.5 Å². The van der Waals surface area contributed by atoms with Crippen LogP contribution in [0, 0.1) is 0 Å². The smallest absolute Gasteiger partial charge is 0.395 e. The van der Waals surface area contributed by atoms with Gasteiger partial charge in [0.05, 0.1) is 33.8 Å². The van der Waals surface area contributed by atoms with Crippen molar-refractivity contribution in [2.45, 2.75) is 67.6 Å². The summed E-state index contributed by atoms with van der Waals surface area (Å²) in [5, 5.41) is 11.9. The minimum atomic E-state index is -4.94. The number of alkyl halides is 6. The molecule has 1 amide bonds. The lowest BCUT2D eigenvalue weighted by Gasteiger charge is -2.39. The molecule has 0 spiro atoms. The third-order valence-corrected chi connectivity index (χ3v) is 11.1. The SMILES string of the molecule is CS(=O)(=O)c1cccc2c(C(=O)N[C@H](c3ccccc3)C(F)(F)F)c(CN3CCC(N4CCC[C@H]4CO)CC3)c(-c3cccc(C(F)(F)F)c3)nc12. The molecule has 278 valence electrons. The van der Waals surface area contributed by atoms with E-state index in [1.807, 2.05) is 4.90 Å². The number of carbonyl (C=O) groups is 1. The van der Waals surface area contributed by atoms with E-state index in [1.54, 1.807) is 0 Å². The van der Waals surface area contributed by atoms with Gasteiger partial charge in [-0.25, -0.2) is 13.4 Å². The van der Waals surface area contributed by atoms with Gasteiger partial charge in [0.25, 0.3) is 5.91 Å². The third-order valence-electron chi connectivity index (χ3n) is 9.95. The standard InChI is InChI=1S/C37H38F6N4O4S/c1-52(50,51)30-14-6-13-28-31(35(49)45-34(37(41,42)43)23-8-3-2-4-9-23)29(21-46-18-15-26(16-19-46)47-17-7-12-27(47)22-48)32(44-33(28)30)24-10-5-11-25(20-24)36(38,39)40/h2-6,8-11,13-14,20,26-27,34,48H,7,12,15-19,21-22H2,1H3,(H,45,49)/t27-,34+/m0/s1. The predicted octanol–water partition coefficient (Wildman–Crippen LogP) is 6.78. The second kappa shape index (κ2) is 14.8. The molecule has 0 radical (unpaired) electrons. The normalized spacial score (nSPS) is 18.9. The number of nitrogens with one attached hydrogen (secondary N) is 1. The highest BCUT2D eigenvalue weighted by atomic mass is 32.2. The van der Waals surface area contributed by atoms with E-state index in [4.69, 9.17) is 0 Å². The summed E-state index contributed by atoms with van der Waals surface area (Å²) >= 11 is 0. The number of amides is 1. The molecule has 3 heterocycles. The number of carbonyl (C=O) groups excluding carboxylic acids is 1. The van der Waals surface area contributed by atoms with Crippen LogP contribution in [-0.2, 0) is 22.6 Å². The summed E-state index contributed by atoms with van der Waals surface area (Å²) in [5.74, 6) is -1.19. The second-order valence-electron chi connectivity index (χ2n) is 13.4. The number of aliphatic hydroxyl groups excluding tert-OH is 1. The Kier molecular flexibility index (Phi) is 10.7. The van der Waals surface area contributed by atoms with E-state index in [9.17, 15) is 44.7 Å². The molecule has 52 heavy (non-hydrogen) atoms. The minimum Gasteiger partial charge on any atom is -0.395 e. The van der Waals surface area contributed by atoms with Crippen molar-refractivity contribution in [3.63, 3.8) is 0 Å². The Morgan fingerprint density at radius 2 is 1.63 bits per heavy atom. The first-order valence-corrected chi connectivity index (χ1v) is 18.8. The molecule has 3 aromatic carbocycles. The molecule has 0 bridgehead atoms.